The van der Waals surface area contributed by atoms with Crippen molar-refractivity contribution in [3.8, 4) is 0 Å². The van der Waals surface area contributed by atoms with Crippen LogP contribution in [0.25, 0.3) is 0 Å². The van der Waals surface area contributed by atoms with Crippen molar-refractivity contribution in [1.29, 1.82) is 0 Å². The molecule has 2 aromatic rings. The van der Waals surface area contributed by atoms with Crippen LogP contribution in [0.3, 0.4) is 0 Å². The van der Waals surface area contributed by atoms with Gasteiger partial charge in [-0.1, -0.05) is 0 Å². The predicted molar refractivity (Wildman–Crippen MR) is 71.1 cm³/mol. The predicted octanol–water partition coefficient (Wildman–Crippen LogP) is 1.73. The summed E-state index contributed by atoms with van der Waals surface area (Å²) in [5, 5.41) is 16.7. The molecule has 0 bridgehead atoms. The second-order valence-electron chi connectivity index (χ2n) is 4.02. The van der Waals surface area contributed by atoms with Gasteiger partial charge in [0.15, 0.2) is 0 Å². The van der Waals surface area contributed by atoms with Crippen LogP contribution < -0.4 is 0 Å². The average molecular weight is 289 g/mol. The van der Waals surface area contributed by atoms with Gasteiger partial charge in [-0.3, -0.25) is 20.0 Å². The van der Waals surface area contributed by atoms with Crippen molar-refractivity contribution in [1.82, 2.24) is 10.2 Å². The van der Waals surface area contributed by atoms with Crippen LogP contribution in [0.5, 0.6) is 0 Å². The summed E-state index contributed by atoms with van der Waals surface area (Å²) in [6.07, 6.45) is 0. The smallest absolute Gasteiger partial charge is 0.356 e. The quantitative estimate of drug-likeness (QED) is 0.388. The summed E-state index contributed by atoms with van der Waals surface area (Å²) in [4.78, 5) is 33.6. The molecule has 1 heterocycles. The van der Waals surface area contributed by atoms with Crippen molar-refractivity contribution in [3.63, 3.8) is 0 Å². The number of hydrogen-bond donors (Lipinski definition) is 1. The highest BCUT2D eigenvalue weighted by Gasteiger charge is 2.17. The Balaban J connectivity index is 2.20. The molecule has 21 heavy (non-hydrogen) atoms. The summed E-state index contributed by atoms with van der Waals surface area (Å²) in [7, 11) is 0. The number of nitrogens with one attached hydrogen (secondary N) is 1. The Hall–Kier alpha value is -3.03. The second kappa shape index (κ2) is 5.95. The maximum absolute atomic E-state index is 12.1. The van der Waals surface area contributed by atoms with Gasteiger partial charge in [-0.05, 0) is 19.1 Å². The van der Waals surface area contributed by atoms with Gasteiger partial charge in [-0.15, -0.1) is 0 Å². The number of H-pyrrole nitrogens is 1. The molecule has 2 rings (SSSR count). The highest BCUT2D eigenvalue weighted by Crippen LogP contribution is 2.15. The van der Waals surface area contributed by atoms with E-state index in [-0.39, 0.29) is 29.2 Å². The number of ketones is 1. The lowest BCUT2D eigenvalue weighted by atomic mass is 10.1. The number of non-ortho nitro benzene ring substituents is 1. The summed E-state index contributed by atoms with van der Waals surface area (Å²) in [6.45, 7) is 1.88. The molecule has 0 aliphatic carbocycles. The third-order valence-corrected chi connectivity index (χ3v) is 2.65. The van der Waals surface area contributed by atoms with E-state index in [1.165, 1.54) is 30.3 Å². The number of benzene rings is 1. The van der Waals surface area contributed by atoms with Crippen LogP contribution in [-0.4, -0.2) is 33.5 Å². The van der Waals surface area contributed by atoms with Gasteiger partial charge in [0, 0.05) is 23.8 Å². The van der Waals surface area contributed by atoms with E-state index in [9.17, 15) is 19.7 Å². The monoisotopic (exact) mass is 289 g/mol. The normalized spacial score (nSPS) is 10.1. The van der Waals surface area contributed by atoms with E-state index in [0.29, 0.717) is 0 Å². The Bertz CT molecular complexity index is 690. The Morgan fingerprint density at radius 3 is 2.57 bits per heavy atom. The maximum Gasteiger partial charge on any atom is 0.356 e. The second-order valence-corrected chi connectivity index (χ2v) is 4.02. The maximum atomic E-state index is 12.1. The van der Waals surface area contributed by atoms with E-state index in [2.05, 4.69) is 10.2 Å². The summed E-state index contributed by atoms with van der Waals surface area (Å²) in [5.41, 5.74) is 0.234. The standard InChI is InChI=1S/C13H11N3O5/c1-2-21-13(18)11-7-10(14-15-11)12(17)8-3-5-9(6-4-8)16(19)20/h3-7H,2H2,1H3,(H,14,15). The van der Waals surface area contributed by atoms with Crippen LogP contribution >= 0.6 is 0 Å². The molecule has 0 radical (unpaired) electrons. The number of hydrogen-bond acceptors (Lipinski definition) is 6. The summed E-state index contributed by atoms with van der Waals surface area (Å²) in [5.74, 6) is -1.05. The van der Waals surface area contributed by atoms with Crippen LogP contribution in [0.15, 0.2) is 30.3 Å². The van der Waals surface area contributed by atoms with Crippen molar-refractivity contribution < 1.29 is 19.2 Å². The highest BCUT2D eigenvalue weighted by molar-refractivity contribution is 6.08. The molecule has 0 spiro atoms. The average Bonchev–Trinajstić information content (AvgIpc) is 2.96. The van der Waals surface area contributed by atoms with Gasteiger partial charge in [0.1, 0.15) is 11.4 Å². The first-order valence-electron chi connectivity index (χ1n) is 6.04. The van der Waals surface area contributed by atoms with E-state index in [4.69, 9.17) is 4.74 Å². The molecule has 108 valence electrons. The Labute approximate surface area is 118 Å². The minimum Gasteiger partial charge on any atom is -0.461 e. The zero-order valence-corrected chi connectivity index (χ0v) is 11.0. The molecular formula is C13H11N3O5. The van der Waals surface area contributed by atoms with Crippen LogP contribution in [-0.2, 0) is 4.74 Å². The molecule has 0 saturated heterocycles. The van der Waals surface area contributed by atoms with Gasteiger partial charge in [0.05, 0.1) is 11.5 Å². The van der Waals surface area contributed by atoms with Crippen LogP contribution in [0.4, 0.5) is 5.69 Å². The number of nitrogens with zero attached hydrogens (tertiary/aromatic N) is 2. The van der Waals surface area contributed by atoms with Crippen molar-refractivity contribution in [2.75, 3.05) is 6.61 Å². The van der Waals surface area contributed by atoms with E-state index in [0.717, 1.165) is 0 Å². The Morgan fingerprint density at radius 1 is 1.33 bits per heavy atom. The highest BCUT2D eigenvalue weighted by atomic mass is 16.6. The fraction of sp³-hybridized carbons (Fsp3) is 0.154. The molecule has 1 N–H and O–H groups in total. The SMILES string of the molecule is CCOC(=O)c1cc(C(=O)c2ccc([N+](=O)[O-])cc2)n[nH]1. The fourth-order valence-corrected chi connectivity index (χ4v) is 1.63. The number of carbonyl (C=O) groups is 2. The van der Waals surface area contributed by atoms with E-state index >= 15 is 0 Å². The fourth-order valence-electron chi connectivity index (χ4n) is 1.63. The largest absolute Gasteiger partial charge is 0.461 e. The molecule has 0 saturated carbocycles. The molecule has 0 aliphatic heterocycles. The molecule has 0 fully saturated rings. The minimum atomic E-state index is -0.604. The lowest BCUT2D eigenvalue weighted by Gasteiger charge is -1.97. The lowest BCUT2D eigenvalue weighted by molar-refractivity contribution is -0.384. The van der Waals surface area contributed by atoms with E-state index in [1.54, 1.807) is 6.92 Å². The Kier molecular flexibility index (Phi) is 4.07. The zero-order chi connectivity index (χ0) is 15.4. The Morgan fingerprint density at radius 2 is 2.00 bits per heavy atom. The third kappa shape index (κ3) is 3.11. The molecule has 0 amide bonds. The lowest BCUT2D eigenvalue weighted by Crippen LogP contribution is -2.04. The molecule has 8 nitrogen and oxygen atoms in total. The van der Waals surface area contributed by atoms with Crippen LogP contribution in [0.2, 0.25) is 0 Å². The third-order valence-electron chi connectivity index (χ3n) is 2.65. The first-order chi connectivity index (χ1) is 10.0. The minimum absolute atomic E-state index is 0.0342. The number of esters is 1. The topological polar surface area (TPSA) is 115 Å². The van der Waals surface area contributed by atoms with Gasteiger partial charge in [0.2, 0.25) is 5.78 Å². The molecule has 1 aromatic heterocycles. The van der Waals surface area contributed by atoms with Crippen molar-refractivity contribution in [3.05, 3.63) is 57.4 Å². The zero-order valence-electron chi connectivity index (χ0n) is 11.0. The molecule has 0 atom stereocenters. The van der Waals surface area contributed by atoms with E-state index in [1.807, 2.05) is 0 Å². The van der Waals surface area contributed by atoms with Gasteiger partial charge >= 0.3 is 5.97 Å². The van der Waals surface area contributed by atoms with Crippen molar-refractivity contribution in [2.24, 2.45) is 0 Å². The number of aromatic amines is 1. The van der Waals surface area contributed by atoms with Crippen LogP contribution in [0, 0.1) is 10.1 Å². The number of rotatable bonds is 5. The van der Waals surface area contributed by atoms with E-state index < -0.39 is 16.7 Å². The number of aromatic nitrogens is 2. The number of nitro groups is 1. The van der Waals surface area contributed by atoms with Crippen molar-refractivity contribution >= 4 is 17.4 Å². The molecule has 0 unspecified atom stereocenters. The molecule has 1 aromatic carbocycles. The summed E-state index contributed by atoms with van der Waals surface area (Å²) < 4.78 is 4.77. The molecular weight excluding hydrogens is 278 g/mol. The molecule has 0 aliphatic rings. The van der Waals surface area contributed by atoms with Crippen molar-refractivity contribution in [2.45, 2.75) is 6.92 Å². The first-order valence-corrected chi connectivity index (χ1v) is 6.04. The number of nitro benzene ring substituents is 1. The number of carbonyl (C=O) groups excluding carboxylic acids is 2. The summed E-state index contributed by atoms with van der Waals surface area (Å²) >= 11 is 0. The van der Waals surface area contributed by atoms with Gasteiger partial charge in [-0.2, -0.15) is 5.10 Å². The van der Waals surface area contributed by atoms with Gasteiger partial charge in [0.25, 0.3) is 5.69 Å². The first kappa shape index (κ1) is 14.4. The van der Waals surface area contributed by atoms with Gasteiger partial charge < -0.3 is 4.74 Å². The van der Waals surface area contributed by atoms with Gasteiger partial charge in [-0.25, -0.2) is 4.79 Å². The number of ether oxygens (including phenoxy) is 1. The van der Waals surface area contributed by atoms with Crippen LogP contribution in [0.1, 0.15) is 33.5 Å². The molecule has 8 heteroatoms. The summed E-state index contributed by atoms with van der Waals surface area (Å²) in [6, 6.07) is 6.40.